The first-order chi connectivity index (χ1) is 15.1. The Hall–Kier alpha value is -3.60. The minimum atomic E-state index is -0.0108. The van der Waals surface area contributed by atoms with Crippen molar-refractivity contribution in [1.82, 2.24) is 9.97 Å². The number of aromatic amines is 2. The Bertz CT molecular complexity index is 1590. The molecule has 156 valence electrons. The SMILES string of the molecule is CCc1c2[nH]c3ccc(N(CC)CC)cc3c(=O)c2cc2[nH]c3ccccc3c(=O)c12. The third-order valence-electron chi connectivity index (χ3n) is 6.33. The van der Waals surface area contributed by atoms with Gasteiger partial charge in [-0.3, -0.25) is 9.59 Å². The molecule has 0 amide bonds. The van der Waals surface area contributed by atoms with Gasteiger partial charge in [0.25, 0.3) is 0 Å². The van der Waals surface area contributed by atoms with E-state index in [1.807, 2.05) is 55.5 Å². The van der Waals surface area contributed by atoms with E-state index in [0.717, 1.165) is 40.9 Å². The molecule has 3 aromatic carbocycles. The van der Waals surface area contributed by atoms with Gasteiger partial charge < -0.3 is 14.9 Å². The summed E-state index contributed by atoms with van der Waals surface area (Å²) in [6.07, 6.45) is 0.647. The second kappa shape index (κ2) is 7.27. The number of aromatic nitrogens is 2. The summed E-state index contributed by atoms with van der Waals surface area (Å²) in [5.74, 6) is 0. The van der Waals surface area contributed by atoms with Gasteiger partial charge in [-0.15, -0.1) is 0 Å². The van der Waals surface area contributed by atoms with Crippen LogP contribution >= 0.6 is 0 Å². The van der Waals surface area contributed by atoms with Gasteiger partial charge in [0.2, 0.25) is 0 Å². The molecule has 5 heteroatoms. The molecule has 5 rings (SSSR count). The maximum atomic E-state index is 13.6. The molecule has 0 bridgehead atoms. The summed E-state index contributed by atoms with van der Waals surface area (Å²) in [6, 6.07) is 15.3. The van der Waals surface area contributed by atoms with Crippen molar-refractivity contribution in [3.8, 4) is 0 Å². The highest BCUT2D eigenvalue weighted by Crippen LogP contribution is 2.28. The first-order valence-corrected chi connectivity index (χ1v) is 10.9. The lowest BCUT2D eigenvalue weighted by Gasteiger charge is -2.21. The van der Waals surface area contributed by atoms with Gasteiger partial charge in [-0.1, -0.05) is 19.1 Å². The second-order valence-corrected chi connectivity index (χ2v) is 7.91. The fourth-order valence-electron chi connectivity index (χ4n) is 4.74. The van der Waals surface area contributed by atoms with E-state index in [0.29, 0.717) is 33.5 Å². The highest BCUT2D eigenvalue weighted by Gasteiger charge is 2.16. The molecule has 0 unspecified atom stereocenters. The molecular weight excluding hydrogens is 386 g/mol. The minimum Gasteiger partial charge on any atom is -0.372 e. The van der Waals surface area contributed by atoms with Crippen molar-refractivity contribution < 1.29 is 0 Å². The zero-order chi connectivity index (χ0) is 21.7. The maximum Gasteiger partial charge on any atom is 0.197 e. The Kier molecular flexibility index (Phi) is 4.54. The number of benzene rings is 3. The summed E-state index contributed by atoms with van der Waals surface area (Å²) >= 11 is 0. The number of anilines is 1. The topological polar surface area (TPSA) is 69.0 Å². The Morgan fingerprint density at radius 3 is 2.23 bits per heavy atom. The van der Waals surface area contributed by atoms with Crippen molar-refractivity contribution in [1.29, 1.82) is 0 Å². The molecule has 0 aliphatic heterocycles. The molecule has 2 heterocycles. The van der Waals surface area contributed by atoms with Crippen molar-refractivity contribution in [3.63, 3.8) is 0 Å². The maximum absolute atomic E-state index is 13.6. The monoisotopic (exact) mass is 411 g/mol. The Morgan fingerprint density at radius 2 is 1.48 bits per heavy atom. The van der Waals surface area contributed by atoms with Crippen LogP contribution in [-0.2, 0) is 6.42 Å². The van der Waals surface area contributed by atoms with Crippen LogP contribution in [0, 0.1) is 0 Å². The molecular formula is C26H25N3O2. The zero-order valence-electron chi connectivity index (χ0n) is 18.0. The van der Waals surface area contributed by atoms with Crippen LogP contribution in [0.25, 0.3) is 43.6 Å². The molecule has 2 N–H and O–H groups in total. The lowest BCUT2D eigenvalue weighted by molar-refractivity contribution is 0.867. The summed E-state index contributed by atoms with van der Waals surface area (Å²) < 4.78 is 0. The number of nitrogens with one attached hydrogen (secondary N) is 2. The van der Waals surface area contributed by atoms with Crippen LogP contribution in [0.3, 0.4) is 0 Å². The summed E-state index contributed by atoms with van der Waals surface area (Å²) in [6.45, 7) is 8.00. The average molecular weight is 412 g/mol. The van der Waals surface area contributed by atoms with E-state index in [2.05, 4.69) is 28.7 Å². The fourth-order valence-corrected chi connectivity index (χ4v) is 4.74. The van der Waals surface area contributed by atoms with E-state index < -0.39 is 0 Å². The van der Waals surface area contributed by atoms with E-state index in [1.54, 1.807) is 0 Å². The number of H-pyrrole nitrogens is 2. The molecule has 0 fully saturated rings. The molecule has 0 spiro atoms. The highest BCUT2D eigenvalue weighted by molar-refractivity contribution is 6.06. The number of aryl methyl sites for hydroxylation is 1. The van der Waals surface area contributed by atoms with Gasteiger partial charge in [-0.25, -0.2) is 0 Å². The first kappa shape index (κ1) is 19.4. The van der Waals surface area contributed by atoms with E-state index in [1.165, 1.54) is 0 Å². The summed E-state index contributed by atoms with van der Waals surface area (Å²) in [7, 11) is 0. The van der Waals surface area contributed by atoms with Gasteiger partial charge in [0.1, 0.15) is 0 Å². The van der Waals surface area contributed by atoms with Gasteiger partial charge >= 0.3 is 0 Å². The van der Waals surface area contributed by atoms with E-state index in [4.69, 9.17) is 0 Å². The molecule has 0 aliphatic carbocycles. The van der Waals surface area contributed by atoms with Gasteiger partial charge in [-0.2, -0.15) is 0 Å². The van der Waals surface area contributed by atoms with Crippen LogP contribution in [0.2, 0.25) is 0 Å². The molecule has 0 saturated carbocycles. The van der Waals surface area contributed by atoms with Crippen molar-refractivity contribution in [2.75, 3.05) is 18.0 Å². The van der Waals surface area contributed by atoms with Gasteiger partial charge in [-0.05, 0) is 62.2 Å². The number of hydrogen-bond acceptors (Lipinski definition) is 3. The average Bonchev–Trinajstić information content (AvgIpc) is 2.79. The van der Waals surface area contributed by atoms with Gasteiger partial charge in [0.05, 0.1) is 16.4 Å². The van der Waals surface area contributed by atoms with E-state index in [-0.39, 0.29) is 10.9 Å². The number of nitrogens with zero attached hydrogens (tertiary/aromatic N) is 1. The normalized spacial score (nSPS) is 11.7. The molecule has 0 saturated heterocycles. The Labute approximate surface area is 179 Å². The Morgan fingerprint density at radius 1 is 0.742 bits per heavy atom. The molecule has 2 aromatic heterocycles. The quantitative estimate of drug-likeness (QED) is 0.405. The number of rotatable bonds is 4. The number of fused-ring (bicyclic) bond motifs is 4. The van der Waals surface area contributed by atoms with E-state index >= 15 is 0 Å². The third-order valence-corrected chi connectivity index (χ3v) is 6.33. The van der Waals surface area contributed by atoms with Crippen LogP contribution in [0.15, 0.2) is 58.1 Å². The van der Waals surface area contributed by atoms with Crippen molar-refractivity contribution in [3.05, 3.63) is 74.5 Å². The fraction of sp³-hybridized carbons (Fsp3) is 0.231. The van der Waals surface area contributed by atoms with Crippen LogP contribution < -0.4 is 15.8 Å². The largest absolute Gasteiger partial charge is 0.372 e. The molecule has 31 heavy (non-hydrogen) atoms. The zero-order valence-corrected chi connectivity index (χ0v) is 18.0. The van der Waals surface area contributed by atoms with Crippen molar-refractivity contribution in [2.24, 2.45) is 0 Å². The number of para-hydroxylation sites is 1. The molecule has 0 radical (unpaired) electrons. The van der Waals surface area contributed by atoms with Crippen LogP contribution in [0.4, 0.5) is 5.69 Å². The van der Waals surface area contributed by atoms with Crippen LogP contribution in [-0.4, -0.2) is 23.1 Å². The lowest BCUT2D eigenvalue weighted by Crippen LogP contribution is -2.22. The minimum absolute atomic E-state index is 0.000859. The van der Waals surface area contributed by atoms with Crippen LogP contribution in [0.5, 0.6) is 0 Å². The first-order valence-electron chi connectivity index (χ1n) is 10.9. The van der Waals surface area contributed by atoms with Gasteiger partial charge in [0.15, 0.2) is 10.9 Å². The third kappa shape index (κ3) is 2.84. The number of hydrogen-bond donors (Lipinski definition) is 2. The van der Waals surface area contributed by atoms with Crippen molar-refractivity contribution in [2.45, 2.75) is 27.2 Å². The Balaban J connectivity index is 1.93. The summed E-state index contributed by atoms with van der Waals surface area (Å²) in [5.41, 5.74) is 4.94. The second-order valence-electron chi connectivity index (χ2n) is 7.91. The van der Waals surface area contributed by atoms with Crippen molar-refractivity contribution >= 4 is 49.3 Å². The molecule has 0 aliphatic rings. The van der Waals surface area contributed by atoms with Crippen LogP contribution in [0.1, 0.15) is 26.3 Å². The predicted molar refractivity (Wildman–Crippen MR) is 131 cm³/mol. The standard InChI is InChI=1S/C26H25N3O2/c1-4-16-23-22(27-20-10-8-7-9-17(20)26(23)31)14-19-24(16)28-21-12-11-15(29(5-2)6-3)13-18(21)25(19)30/h7-14H,4-6H2,1-3H3,(H,27,31)(H,28,30). The highest BCUT2D eigenvalue weighted by atomic mass is 16.1. The molecule has 5 nitrogen and oxygen atoms in total. The van der Waals surface area contributed by atoms with E-state index in [9.17, 15) is 9.59 Å². The van der Waals surface area contributed by atoms with Gasteiger partial charge in [0, 0.05) is 46.0 Å². The predicted octanol–water partition coefficient (Wildman–Crippen LogP) is 5.08. The summed E-state index contributed by atoms with van der Waals surface area (Å²) in [5, 5.41) is 2.60. The molecule has 0 atom stereocenters. The summed E-state index contributed by atoms with van der Waals surface area (Å²) in [4.78, 5) is 36.0. The lowest BCUT2D eigenvalue weighted by atomic mass is 9.98. The molecule has 5 aromatic rings. The smallest absolute Gasteiger partial charge is 0.197 e. The number of pyridine rings is 2.